The molecule has 10 heteroatoms. The molecule has 2 aromatic rings. The lowest BCUT2D eigenvalue weighted by Gasteiger charge is -2.32. The van der Waals surface area contributed by atoms with Crippen molar-refractivity contribution < 1.29 is 32.6 Å². The van der Waals surface area contributed by atoms with Gasteiger partial charge in [-0.05, 0) is 44.0 Å². The number of carbonyl (C=O) groups excluding carboxylic acids is 1. The summed E-state index contributed by atoms with van der Waals surface area (Å²) in [4.78, 5) is 11.9. The monoisotopic (exact) mass is 450 g/mol. The molecule has 168 valence electrons. The third-order valence-electron chi connectivity index (χ3n) is 5.17. The number of carbonyl (C=O) groups is 1. The van der Waals surface area contributed by atoms with Crippen LogP contribution in [0, 0.1) is 6.92 Å². The molecule has 0 unspecified atom stereocenters. The molecule has 9 nitrogen and oxygen atoms in total. The van der Waals surface area contributed by atoms with Crippen LogP contribution in [0.5, 0.6) is 17.2 Å². The Labute approximate surface area is 181 Å². The van der Waals surface area contributed by atoms with E-state index in [-0.39, 0.29) is 41.2 Å². The molecule has 1 aliphatic heterocycles. The van der Waals surface area contributed by atoms with Gasteiger partial charge >= 0.3 is 0 Å². The van der Waals surface area contributed by atoms with Gasteiger partial charge in [-0.25, -0.2) is 13.9 Å². The van der Waals surface area contributed by atoms with Crippen LogP contribution >= 0.6 is 0 Å². The van der Waals surface area contributed by atoms with Gasteiger partial charge in [-0.15, -0.1) is 0 Å². The Morgan fingerprint density at radius 3 is 2.16 bits per heavy atom. The van der Waals surface area contributed by atoms with Crippen molar-refractivity contribution in [3.8, 4) is 17.2 Å². The highest BCUT2D eigenvalue weighted by atomic mass is 32.2. The van der Waals surface area contributed by atoms with E-state index in [4.69, 9.17) is 19.4 Å². The van der Waals surface area contributed by atoms with Crippen molar-refractivity contribution in [1.82, 2.24) is 9.79 Å². The molecule has 0 aromatic heterocycles. The van der Waals surface area contributed by atoms with E-state index < -0.39 is 15.9 Å². The normalized spacial score (nSPS) is 15.4. The highest BCUT2D eigenvalue weighted by Crippen LogP contribution is 2.37. The first kappa shape index (κ1) is 22.9. The summed E-state index contributed by atoms with van der Waals surface area (Å²) in [7, 11) is -1.51. The molecule has 1 saturated heterocycles. The minimum atomic E-state index is -4.12. The summed E-state index contributed by atoms with van der Waals surface area (Å²) in [6.45, 7) is 2.41. The van der Waals surface area contributed by atoms with E-state index in [2.05, 4.69) is 0 Å². The molecule has 1 aliphatic rings. The second kappa shape index (κ2) is 9.54. The van der Waals surface area contributed by atoms with Gasteiger partial charge in [0.05, 0.1) is 14.2 Å². The van der Waals surface area contributed by atoms with E-state index in [1.165, 1.54) is 36.1 Å². The molecule has 0 atom stereocenters. The van der Waals surface area contributed by atoms with Crippen molar-refractivity contribution in [2.24, 2.45) is 0 Å². The SMILES string of the molecule is COc1ccc(OC)c(S(=O)(=O)N2CCC(Oc3ccc(C)cc3)CC2)c1C(=O)NO. The van der Waals surface area contributed by atoms with Gasteiger partial charge in [0, 0.05) is 13.1 Å². The average Bonchev–Trinajstić information content (AvgIpc) is 2.79. The van der Waals surface area contributed by atoms with Gasteiger partial charge in [-0.3, -0.25) is 10.0 Å². The first-order valence-corrected chi connectivity index (χ1v) is 11.2. The lowest BCUT2D eigenvalue weighted by atomic mass is 10.1. The third kappa shape index (κ3) is 4.76. The minimum absolute atomic E-state index is 0.00325. The Balaban J connectivity index is 1.85. The zero-order valence-corrected chi connectivity index (χ0v) is 18.4. The molecule has 0 bridgehead atoms. The van der Waals surface area contributed by atoms with Crippen LogP contribution < -0.4 is 19.7 Å². The Morgan fingerprint density at radius 1 is 1.03 bits per heavy atom. The van der Waals surface area contributed by atoms with Gasteiger partial charge in [0.15, 0.2) is 0 Å². The Kier molecular flexibility index (Phi) is 7.04. The molecule has 0 saturated carbocycles. The number of sulfonamides is 1. The fraction of sp³-hybridized carbons (Fsp3) is 0.381. The molecule has 0 aliphatic carbocycles. The molecule has 0 radical (unpaired) electrons. The van der Waals surface area contributed by atoms with E-state index >= 15 is 0 Å². The molecule has 0 spiro atoms. The summed E-state index contributed by atoms with van der Waals surface area (Å²) >= 11 is 0. The van der Waals surface area contributed by atoms with E-state index in [0.717, 1.165) is 11.3 Å². The smallest absolute Gasteiger partial charge is 0.279 e. The maximum Gasteiger partial charge on any atom is 0.279 e. The summed E-state index contributed by atoms with van der Waals surface area (Å²) in [6.07, 6.45) is 0.851. The molecule has 3 rings (SSSR count). The Hall–Kier alpha value is -2.82. The molecule has 31 heavy (non-hydrogen) atoms. The van der Waals surface area contributed by atoms with E-state index in [9.17, 15) is 13.2 Å². The van der Waals surface area contributed by atoms with Crippen molar-refractivity contribution >= 4 is 15.9 Å². The van der Waals surface area contributed by atoms with Crippen molar-refractivity contribution in [2.75, 3.05) is 27.3 Å². The number of benzene rings is 2. The molecule has 1 amide bonds. The maximum absolute atomic E-state index is 13.5. The molecular weight excluding hydrogens is 424 g/mol. The van der Waals surface area contributed by atoms with Crippen LogP contribution in [0.2, 0.25) is 0 Å². The van der Waals surface area contributed by atoms with E-state index in [1.807, 2.05) is 31.2 Å². The van der Waals surface area contributed by atoms with Crippen LogP contribution in [0.15, 0.2) is 41.3 Å². The lowest BCUT2D eigenvalue weighted by molar-refractivity contribution is 0.0698. The molecule has 1 heterocycles. The molecule has 2 aromatic carbocycles. The molecule has 2 N–H and O–H groups in total. The van der Waals surface area contributed by atoms with E-state index in [0.29, 0.717) is 12.8 Å². The van der Waals surface area contributed by atoms with Gasteiger partial charge < -0.3 is 14.2 Å². The highest BCUT2D eigenvalue weighted by Gasteiger charge is 2.37. The summed E-state index contributed by atoms with van der Waals surface area (Å²) in [5.74, 6) is -0.281. The fourth-order valence-electron chi connectivity index (χ4n) is 3.53. The standard InChI is InChI=1S/C21H26N2O7S/c1-14-4-6-15(7-5-14)30-16-10-12-23(13-11-16)31(26,27)20-18(29-3)9-8-17(28-2)19(20)21(24)22-25/h4-9,16,25H,10-13H2,1-3H3,(H,22,24). The van der Waals surface area contributed by atoms with Crippen LogP contribution in [0.3, 0.4) is 0 Å². The number of nitrogens with zero attached hydrogens (tertiary/aromatic N) is 1. The van der Waals surface area contributed by atoms with Crippen molar-refractivity contribution in [1.29, 1.82) is 0 Å². The number of amides is 1. The number of hydroxylamine groups is 1. The number of methoxy groups -OCH3 is 2. The molecular formula is C21H26N2O7S. The zero-order chi connectivity index (χ0) is 22.6. The van der Waals surface area contributed by atoms with Gasteiger partial charge in [-0.2, -0.15) is 4.31 Å². The van der Waals surface area contributed by atoms with Crippen molar-refractivity contribution in [3.05, 3.63) is 47.5 Å². The number of ether oxygens (including phenoxy) is 3. The first-order valence-electron chi connectivity index (χ1n) is 9.74. The van der Waals surface area contributed by atoms with Gasteiger partial charge in [0.2, 0.25) is 10.0 Å². The summed E-state index contributed by atoms with van der Waals surface area (Å²) in [5, 5.41) is 9.14. The van der Waals surface area contributed by atoms with E-state index in [1.54, 1.807) is 0 Å². The quantitative estimate of drug-likeness (QED) is 0.492. The van der Waals surface area contributed by atoms with Crippen LogP contribution in [-0.2, 0) is 10.0 Å². The Bertz CT molecular complexity index is 1030. The molecule has 1 fully saturated rings. The second-order valence-corrected chi connectivity index (χ2v) is 9.02. The van der Waals surface area contributed by atoms with Gasteiger partial charge in [0.25, 0.3) is 5.91 Å². The van der Waals surface area contributed by atoms with Crippen LogP contribution in [0.25, 0.3) is 0 Å². The lowest BCUT2D eigenvalue weighted by Crippen LogP contribution is -2.42. The minimum Gasteiger partial charge on any atom is -0.496 e. The summed E-state index contributed by atoms with van der Waals surface area (Å²) < 4.78 is 44.6. The zero-order valence-electron chi connectivity index (χ0n) is 17.6. The highest BCUT2D eigenvalue weighted by molar-refractivity contribution is 7.89. The summed E-state index contributed by atoms with van der Waals surface area (Å²) in [5.41, 5.74) is 2.29. The average molecular weight is 451 g/mol. The third-order valence-corrected chi connectivity index (χ3v) is 7.14. The fourth-order valence-corrected chi connectivity index (χ4v) is 5.34. The number of nitrogens with one attached hydrogen (secondary N) is 1. The van der Waals surface area contributed by atoms with Gasteiger partial charge in [-0.1, -0.05) is 17.7 Å². The number of piperidine rings is 1. The number of aryl methyl sites for hydroxylation is 1. The largest absolute Gasteiger partial charge is 0.496 e. The first-order chi connectivity index (χ1) is 14.8. The summed E-state index contributed by atoms with van der Waals surface area (Å²) in [6, 6.07) is 10.5. The second-order valence-electron chi connectivity index (χ2n) is 7.15. The predicted octanol–water partition coefficient (Wildman–Crippen LogP) is 2.36. The van der Waals surface area contributed by atoms with Gasteiger partial charge in [0.1, 0.15) is 33.8 Å². The van der Waals surface area contributed by atoms with Crippen LogP contribution in [0.1, 0.15) is 28.8 Å². The maximum atomic E-state index is 13.5. The number of hydrogen-bond donors (Lipinski definition) is 2. The predicted molar refractivity (Wildman–Crippen MR) is 112 cm³/mol. The Morgan fingerprint density at radius 2 is 1.61 bits per heavy atom. The van der Waals surface area contributed by atoms with Crippen LogP contribution in [0.4, 0.5) is 0 Å². The van der Waals surface area contributed by atoms with Crippen molar-refractivity contribution in [2.45, 2.75) is 30.8 Å². The number of hydrogen-bond acceptors (Lipinski definition) is 7. The topological polar surface area (TPSA) is 114 Å². The number of rotatable bonds is 7. The van der Waals surface area contributed by atoms with Crippen molar-refractivity contribution in [3.63, 3.8) is 0 Å². The van der Waals surface area contributed by atoms with Crippen LogP contribution in [-0.4, -0.2) is 57.3 Å².